The van der Waals surface area contributed by atoms with Gasteiger partial charge in [-0.05, 0) is 37.3 Å². The van der Waals surface area contributed by atoms with Gasteiger partial charge in [0.25, 0.3) is 5.70 Å². The lowest BCUT2D eigenvalue weighted by molar-refractivity contribution is -0.576. The Balaban J connectivity index is 2.13. The van der Waals surface area contributed by atoms with Crippen molar-refractivity contribution in [2.45, 2.75) is 6.92 Å². The molecule has 0 unspecified atom stereocenters. The van der Waals surface area contributed by atoms with Crippen LogP contribution in [-0.4, -0.2) is 10.1 Å². The van der Waals surface area contributed by atoms with Gasteiger partial charge in [0.1, 0.15) is 5.82 Å². The van der Waals surface area contributed by atoms with Crippen molar-refractivity contribution in [3.63, 3.8) is 0 Å². The highest BCUT2D eigenvalue weighted by Crippen LogP contribution is 2.26. The highest BCUT2D eigenvalue weighted by atomic mass is 35.5. The van der Waals surface area contributed by atoms with Gasteiger partial charge in [-0.15, -0.1) is 0 Å². The van der Waals surface area contributed by atoms with E-state index in [0.29, 0.717) is 16.3 Å². The first-order valence-corrected chi connectivity index (χ1v) is 8.98. The molecule has 3 aromatic rings. The molecule has 0 fully saturated rings. The second kappa shape index (κ2) is 8.29. The van der Waals surface area contributed by atoms with Crippen LogP contribution in [0.4, 0.5) is 10.1 Å². The summed E-state index contributed by atoms with van der Waals surface area (Å²) in [5, 5.41) is 14.2. The molecule has 0 amide bonds. The fourth-order valence-electron chi connectivity index (χ4n) is 2.60. The van der Waals surface area contributed by atoms with Crippen molar-refractivity contribution in [3.8, 4) is 0 Å². The molecule has 0 atom stereocenters. The van der Waals surface area contributed by atoms with Gasteiger partial charge in [-0.25, -0.2) is 4.39 Å². The van der Waals surface area contributed by atoms with E-state index in [2.05, 4.69) is 5.32 Å². The lowest BCUT2D eigenvalue weighted by atomic mass is 10.1. The summed E-state index contributed by atoms with van der Waals surface area (Å²) in [7, 11) is 0. The maximum Gasteiger partial charge on any atom is 0.288 e. The van der Waals surface area contributed by atoms with Crippen molar-refractivity contribution >= 4 is 46.0 Å². The first kappa shape index (κ1) is 19.0. The van der Waals surface area contributed by atoms with E-state index in [4.69, 9.17) is 23.8 Å². The van der Waals surface area contributed by atoms with E-state index in [0.717, 1.165) is 5.56 Å². The number of aromatic nitrogens is 1. The van der Waals surface area contributed by atoms with E-state index in [1.165, 1.54) is 6.07 Å². The van der Waals surface area contributed by atoms with Crippen LogP contribution in [0.3, 0.4) is 0 Å². The molecule has 27 heavy (non-hydrogen) atoms. The van der Waals surface area contributed by atoms with Crippen molar-refractivity contribution in [1.29, 1.82) is 0 Å². The van der Waals surface area contributed by atoms with Crippen LogP contribution >= 0.6 is 23.8 Å². The molecule has 0 saturated heterocycles. The summed E-state index contributed by atoms with van der Waals surface area (Å²) in [6, 6.07) is 16.9. The topological polar surface area (TPSA) is 36.1 Å². The minimum atomic E-state index is -0.439. The number of thiocarbonyl (C=S) groups is 1. The van der Waals surface area contributed by atoms with Crippen LogP contribution in [0.1, 0.15) is 11.1 Å². The Morgan fingerprint density at radius 1 is 1.07 bits per heavy atom. The summed E-state index contributed by atoms with van der Waals surface area (Å²) in [6.45, 7) is 1.92. The molecule has 6 heteroatoms. The van der Waals surface area contributed by atoms with E-state index < -0.39 is 5.82 Å². The molecule has 1 aromatic heterocycles. The summed E-state index contributed by atoms with van der Waals surface area (Å²) >= 11 is 11.7. The number of pyridine rings is 1. The zero-order valence-electron chi connectivity index (χ0n) is 14.5. The second-order valence-electron chi connectivity index (χ2n) is 5.90. The molecule has 0 bridgehead atoms. The highest BCUT2D eigenvalue weighted by Gasteiger charge is 2.25. The third-order valence-electron chi connectivity index (χ3n) is 3.90. The zero-order valence-corrected chi connectivity index (χ0v) is 16.1. The predicted molar refractivity (Wildman–Crippen MR) is 111 cm³/mol. The second-order valence-corrected chi connectivity index (χ2v) is 6.72. The Hall–Kier alpha value is -2.76. The van der Waals surface area contributed by atoms with Gasteiger partial charge in [0.2, 0.25) is 5.76 Å². The Bertz CT molecular complexity index is 1040. The largest absolute Gasteiger partial charge is 0.502 e. The third-order valence-corrected chi connectivity index (χ3v) is 4.52. The summed E-state index contributed by atoms with van der Waals surface area (Å²) in [5.74, 6) is -0.546. The molecule has 1 heterocycles. The molecule has 0 radical (unpaired) electrons. The lowest BCUT2D eigenvalue weighted by Crippen LogP contribution is -2.38. The van der Waals surface area contributed by atoms with Crippen LogP contribution in [0.2, 0.25) is 5.02 Å². The summed E-state index contributed by atoms with van der Waals surface area (Å²) in [4.78, 5) is 0.160. The van der Waals surface area contributed by atoms with E-state index in [9.17, 15) is 9.50 Å². The Morgan fingerprint density at radius 3 is 2.48 bits per heavy atom. The number of hydrogen-bond donors (Lipinski definition) is 2. The fourth-order valence-corrected chi connectivity index (χ4v) is 3.14. The molecule has 3 rings (SSSR count). The smallest absolute Gasteiger partial charge is 0.288 e. The van der Waals surface area contributed by atoms with E-state index in [1.807, 2.05) is 25.3 Å². The molecule has 0 aliphatic rings. The molecule has 0 spiro atoms. The predicted octanol–water partition coefficient (Wildman–Crippen LogP) is 5.40. The van der Waals surface area contributed by atoms with Gasteiger partial charge in [-0.3, -0.25) is 0 Å². The zero-order chi connectivity index (χ0) is 19.4. The lowest BCUT2D eigenvalue weighted by Gasteiger charge is -2.11. The number of hydrogen-bond acceptors (Lipinski definition) is 2. The van der Waals surface area contributed by atoms with Gasteiger partial charge in [-0.2, -0.15) is 4.57 Å². The van der Waals surface area contributed by atoms with E-state index in [1.54, 1.807) is 53.2 Å². The molecule has 0 aliphatic carbocycles. The number of halogens is 2. The maximum absolute atomic E-state index is 14.0. The molecule has 2 aromatic carbocycles. The van der Waals surface area contributed by atoms with Gasteiger partial charge < -0.3 is 10.4 Å². The minimum Gasteiger partial charge on any atom is -0.502 e. The quantitative estimate of drug-likeness (QED) is 0.267. The van der Waals surface area contributed by atoms with Crippen LogP contribution in [0, 0.1) is 12.7 Å². The first-order valence-electron chi connectivity index (χ1n) is 8.19. The van der Waals surface area contributed by atoms with Crippen LogP contribution in [0.25, 0.3) is 11.5 Å². The number of rotatable bonds is 4. The summed E-state index contributed by atoms with van der Waals surface area (Å²) < 4.78 is 15.7. The average Bonchev–Trinajstić information content (AvgIpc) is 2.64. The molecule has 3 nitrogen and oxygen atoms in total. The Labute approximate surface area is 167 Å². The number of aryl methyl sites for hydroxylation is 1. The number of aliphatic hydroxyl groups is 1. The third kappa shape index (κ3) is 4.32. The van der Waals surface area contributed by atoms with Crippen molar-refractivity contribution in [1.82, 2.24) is 0 Å². The molecule has 2 N–H and O–H groups in total. The maximum atomic E-state index is 14.0. The monoisotopic (exact) mass is 399 g/mol. The number of anilines is 1. The van der Waals surface area contributed by atoms with Gasteiger partial charge >= 0.3 is 0 Å². The number of nitrogens with zero attached hydrogens (tertiary/aromatic N) is 1. The van der Waals surface area contributed by atoms with Crippen molar-refractivity contribution in [2.24, 2.45) is 0 Å². The average molecular weight is 400 g/mol. The Kier molecular flexibility index (Phi) is 5.84. The van der Waals surface area contributed by atoms with Crippen molar-refractivity contribution in [3.05, 3.63) is 95.0 Å². The molecule has 0 aliphatic heterocycles. The molecular formula is C21H17ClFN2OS+. The van der Waals surface area contributed by atoms with Crippen LogP contribution in [0.5, 0.6) is 0 Å². The molecular weight excluding hydrogens is 383 g/mol. The van der Waals surface area contributed by atoms with Gasteiger partial charge in [0.05, 0.1) is 10.7 Å². The van der Waals surface area contributed by atoms with Crippen LogP contribution < -0.4 is 9.88 Å². The van der Waals surface area contributed by atoms with Crippen molar-refractivity contribution < 1.29 is 14.1 Å². The summed E-state index contributed by atoms with van der Waals surface area (Å²) in [6.07, 6.45) is 3.57. The van der Waals surface area contributed by atoms with Crippen molar-refractivity contribution in [2.75, 3.05) is 5.32 Å². The summed E-state index contributed by atoms with van der Waals surface area (Å²) in [5.41, 5.74) is 1.92. The SMILES string of the molecule is Cc1ccc[n+](/C(C(=S)Nc2ccccc2F)=C(\O)c2ccccc2Cl)c1. The van der Waals surface area contributed by atoms with Gasteiger partial charge in [0, 0.05) is 17.2 Å². The normalized spacial score (nSPS) is 11.7. The number of benzene rings is 2. The van der Waals surface area contributed by atoms with Gasteiger partial charge in [-0.1, -0.05) is 48.1 Å². The highest BCUT2D eigenvalue weighted by molar-refractivity contribution is 7.81. The number of nitrogens with one attached hydrogen (secondary N) is 1. The molecule has 136 valence electrons. The molecule has 0 saturated carbocycles. The van der Waals surface area contributed by atoms with Crippen LogP contribution in [-0.2, 0) is 0 Å². The standard InChI is InChI=1S/C21H16ClFN2OS/c1-14-7-6-12-25(13-14)19(20(26)15-8-2-3-9-16(15)22)21(27)24-18-11-5-4-10-17(18)23/h2-13H,1H3,(H-,24,26,27)/p+1. The fraction of sp³-hybridized carbons (Fsp3) is 0.0476. The van der Waals surface area contributed by atoms with Gasteiger partial charge in [0.15, 0.2) is 17.4 Å². The number of para-hydroxylation sites is 1. The van der Waals surface area contributed by atoms with E-state index >= 15 is 0 Å². The van der Waals surface area contributed by atoms with E-state index in [-0.39, 0.29) is 16.4 Å². The number of aliphatic hydroxyl groups excluding tert-OH is 1. The van der Waals surface area contributed by atoms with Crippen LogP contribution in [0.15, 0.2) is 73.1 Å². The first-order chi connectivity index (χ1) is 13.0. The minimum absolute atomic E-state index is 0.106. The Morgan fingerprint density at radius 2 is 1.78 bits per heavy atom.